The fourth-order valence-corrected chi connectivity index (χ4v) is 5.18. The quantitative estimate of drug-likeness (QED) is 0.419. The molecule has 2 aliphatic rings. The van der Waals surface area contributed by atoms with E-state index in [-0.39, 0.29) is 23.9 Å². The summed E-state index contributed by atoms with van der Waals surface area (Å²) in [5.41, 5.74) is 3.30. The molecule has 0 aliphatic carbocycles. The van der Waals surface area contributed by atoms with Crippen LogP contribution in [0.25, 0.3) is 22.8 Å². The van der Waals surface area contributed by atoms with Gasteiger partial charge in [0.05, 0.1) is 16.7 Å². The van der Waals surface area contributed by atoms with Gasteiger partial charge >= 0.3 is 6.18 Å². The highest BCUT2D eigenvalue weighted by Gasteiger charge is 2.32. The molecule has 6 nitrogen and oxygen atoms in total. The molecule has 9 heteroatoms. The van der Waals surface area contributed by atoms with E-state index in [1.165, 1.54) is 6.07 Å². The standard InChI is InChI=1S/C28H27F3N4O2/c1-15-13-35(14-16(2)33-15)27(37)22-12-32-24(17(22)3)11-21-25-20(8-5-9-23(25)34-26(21)36)18-6-4-7-19(10-18)28(29,30)31/h4-12,15-16,32-33H,13-14H2,1-3H3,(H,34,36)/b21-11-/t15-,16+. The molecular weight excluding hydrogens is 481 g/mol. The van der Waals surface area contributed by atoms with Crippen LogP contribution in [0.15, 0.2) is 48.7 Å². The van der Waals surface area contributed by atoms with Gasteiger partial charge in [0.1, 0.15) is 0 Å². The maximum Gasteiger partial charge on any atom is 0.416 e. The number of carbonyl (C=O) groups excluding carboxylic acids is 2. The average molecular weight is 509 g/mol. The third-order valence-electron chi connectivity index (χ3n) is 6.87. The minimum atomic E-state index is -4.48. The van der Waals surface area contributed by atoms with Crippen LogP contribution in [0.3, 0.4) is 0 Å². The lowest BCUT2D eigenvalue weighted by atomic mass is 9.93. The highest BCUT2D eigenvalue weighted by molar-refractivity contribution is 6.36. The Morgan fingerprint density at radius 1 is 1.08 bits per heavy atom. The Hall–Kier alpha value is -3.85. The lowest BCUT2D eigenvalue weighted by molar-refractivity contribution is -0.137. The zero-order valence-corrected chi connectivity index (χ0v) is 20.7. The van der Waals surface area contributed by atoms with Crippen LogP contribution in [0, 0.1) is 6.92 Å². The number of halogens is 3. The molecule has 5 rings (SSSR count). The number of aromatic nitrogens is 1. The van der Waals surface area contributed by atoms with Crippen molar-refractivity contribution in [2.45, 2.75) is 39.0 Å². The number of carbonyl (C=O) groups is 2. The molecule has 2 amide bonds. The van der Waals surface area contributed by atoms with E-state index in [2.05, 4.69) is 15.6 Å². The van der Waals surface area contributed by atoms with Crippen molar-refractivity contribution in [2.24, 2.45) is 0 Å². The Labute approximate surface area is 212 Å². The van der Waals surface area contributed by atoms with E-state index in [0.29, 0.717) is 57.9 Å². The SMILES string of the molecule is Cc1c(C(=O)N2C[C@@H](C)N[C@@H](C)C2)c[nH]c1/C=C1\C(=O)Nc2cccc(-c3cccc(C(F)(F)F)c3)c21. The monoisotopic (exact) mass is 508 g/mol. The molecule has 0 saturated carbocycles. The first-order valence-electron chi connectivity index (χ1n) is 12.1. The number of piperazine rings is 1. The van der Waals surface area contributed by atoms with Gasteiger partial charge in [-0.15, -0.1) is 0 Å². The summed E-state index contributed by atoms with van der Waals surface area (Å²) in [6, 6.07) is 10.5. The van der Waals surface area contributed by atoms with Crippen molar-refractivity contribution >= 4 is 29.2 Å². The predicted octanol–water partition coefficient (Wildman–Crippen LogP) is 5.32. The summed E-state index contributed by atoms with van der Waals surface area (Å²) in [5, 5.41) is 6.22. The number of hydrogen-bond acceptors (Lipinski definition) is 3. The predicted molar refractivity (Wildman–Crippen MR) is 137 cm³/mol. The normalized spacial score (nSPS) is 20.8. The van der Waals surface area contributed by atoms with Crippen LogP contribution >= 0.6 is 0 Å². The third-order valence-corrected chi connectivity index (χ3v) is 6.87. The van der Waals surface area contributed by atoms with Crippen LogP contribution in [0.2, 0.25) is 0 Å². The molecule has 1 saturated heterocycles. The van der Waals surface area contributed by atoms with E-state index < -0.39 is 11.7 Å². The third kappa shape index (κ3) is 4.67. The van der Waals surface area contributed by atoms with Gasteiger partial charge in [0.15, 0.2) is 0 Å². The van der Waals surface area contributed by atoms with E-state index in [1.54, 1.807) is 36.5 Å². The van der Waals surface area contributed by atoms with Crippen molar-refractivity contribution in [3.8, 4) is 11.1 Å². The Kier molecular flexibility index (Phi) is 6.19. The maximum absolute atomic E-state index is 13.4. The lowest BCUT2D eigenvalue weighted by Crippen LogP contribution is -2.55. The number of rotatable bonds is 3. The first kappa shape index (κ1) is 24.8. The number of fused-ring (bicyclic) bond motifs is 1. The van der Waals surface area contributed by atoms with Crippen LogP contribution < -0.4 is 10.6 Å². The number of benzene rings is 2. The number of nitrogens with zero attached hydrogens (tertiary/aromatic N) is 1. The molecule has 1 aromatic heterocycles. The lowest BCUT2D eigenvalue weighted by Gasteiger charge is -2.36. The van der Waals surface area contributed by atoms with Crippen LogP contribution in [0.4, 0.5) is 18.9 Å². The van der Waals surface area contributed by atoms with Crippen molar-refractivity contribution in [1.82, 2.24) is 15.2 Å². The second-order valence-corrected chi connectivity index (χ2v) is 9.74. The Morgan fingerprint density at radius 2 is 1.78 bits per heavy atom. The molecule has 2 aromatic carbocycles. The zero-order valence-electron chi connectivity index (χ0n) is 20.7. The number of nitrogens with one attached hydrogen (secondary N) is 3. The van der Waals surface area contributed by atoms with Crippen LogP contribution in [0.5, 0.6) is 0 Å². The molecule has 3 heterocycles. The fraction of sp³-hybridized carbons (Fsp3) is 0.286. The van der Waals surface area contributed by atoms with Crippen LogP contribution in [-0.4, -0.2) is 46.9 Å². The summed E-state index contributed by atoms with van der Waals surface area (Å²) in [7, 11) is 0. The van der Waals surface area contributed by atoms with Gasteiger partial charge in [0, 0.05) is 48.3 Å². The van der Waals surface area contributed by atoms with E-state index >= 15 is 0 Å². The molecule has 1 fully saturated rings. The molecule has 0 unspecified atom stereocenters. The maximum atomic E-state index is 13.4. The van der Waals surface area contributed by atoms with Crippen molar-refractivity contribution in [2.75, 3.05) is 18.4 Å². The molecular formula is C28H27F3N4O2. The summed E-state index contributed by atoms with van der Waals surface area (Å²) in [6.45, 7) is 7.08. The van der Waals surface area contributed by atoms with E-state index in [9.17, 15) is 22.8 Å². The van der Waals surface area contributed by atoms with E-state index in [0.717, 1.165) is 12.1 Å². The first-order chi connectivity index (χ1) is 17.5. The summed E-state index contributed by atoms with van der Waals surface area (Å²) in [6.07, 6.45) is -1.17. The summed E-state index contributed by atoms with van der Waals surface area (Å²) < 4.78 is 40.1. The van der Waals surface area contributed by atoms with Gasteiger partial charge in [-0.25, -0.2) is 0 Å². The van der Waals surface area contributed by atoms with Crippen LogP contribution in [-0.2, 0) is 11.0 Å². The molecule has 3 N–H and O–H groups in total. The van der Waals surface area contributed by atoms with Gasteiger partial charge in [-0.1, -0.05) is 24.3 Å². The van der Waals surface area contributed by atoms with E-state index in [1.807, 2.05) is 25.7 Å². The van der Waals surface area contributed by atoms with Gasteiger partial charge in [-0.05, 0) is 61.7 Å². The Morgan fingerprint density at radius 3 is 2.49 bits per heavy atom. The molecule has 0 bridgehead atoms. The van der Waals surface area contributed by atoms with Crippen LogP contribution in [0.1, 0.15) is 46.6 Å². The largest absolute Gasteiger partial charge is 0.416 e. The highest BCUT2D eigenvalue weighted by Crippen LogP contribution is 2.42. The van der Waals surface area contributed by atoms with Crippen molar-refractivity contribution in [3.05, 3.63) is 76.6 Å². The van der Waals surface area contributed by atoms with Gasteiger partial charge in [-0.2, -0.15) is 13.2 Å². The van der Waals surface area contributed by atoms with Gasteiger partial charge in [0.2, 0.25) is 0 Å². The second kappa shape index (κ2) is 9.23. The number of alkyl halides is 3. The molecule has 0 spiro atoms. The molecule has 37 heavy (non-hydrogen) atoms. The second-order valence-electron chi connectivity index (χ2n) is 9.74. The topological polar surface area (TPSA) is 77.2 Å². The molecule has 0 radical (unpaired) electrons. The van der Waals surface area contributed by atoms with E-state index in [4.69, 9.17) is 0 Å². The number of aromatic amines is 1. The number of anilines is 1. The zero-order chi connectivity index (χ0) is 26.5. The minimum absolute atomic E-state index is 0.0838. The number of H-pyrrole nitrogens is 1. The Bertz CT molecular complexity index is 1410. The van der Waals surface area contributed by atoms with Gasteiger partial charge in [0.25, 0.3) is 11.8 Å². The number of amides is 2. The Balaban J connectivity index is 1.53. The fourth-order valence-electron chi connectivity index (χ4n) is 5.18. The van der Waals surface area contributed by atoms with Crippen molar-refractivity contribution < 1.29 is 22.8 Å². The summed E-state index contributed by atoms with van der Waals surface area (Å²) in [5.74, 6) is -0.444. The van der Waals surface area contributed by atoms with Gasteiger partial charge in [-0.3, -0.25) is 9.59 Å². The molecule has 3 aromatic rings. The minimum Gasteiger partial charge on any atom is -0.361 e. The summed E-state index contributed by atoms with van der Waals surface area (Å²) in [4.78, 5) is 31.2. The average Bonchev–Trinajstić information content (AvgIpc) is 3.36. The summed E-state index contributed by atoms with van der Waals surface area (Å²) >= 11 is 0. The van der Waals surface area contributed by atoms with Crippen molar-refractivity contribution in [1.29, 1.82) is 0 Å². The first-order valence-corrected chi connectivity index (χ1v) is 12.1. The van der Waals surface area contributed by atoms with Gasteiger partial charge < -0.3 is 20.5 Å². The molecule has 192 valence electrons. The van der Waals surface area contributed by atoms with Crippen molar-refractivity contribution in [3.63, 3.8) is 0 Å². The number of hydrogen-bond donors (Lipinski definition) is 3. The smallest absolute Gasteiger partial charge is 0.361 e. The molecule has 2 atom stereocenters. The highest BCUT2D eigenvalue weighted by atomic mass is 19.4. The molecule has 2 aliphatic heterocycles.